The van der Waals surface area contributed by atoms with Gasteiger partial charge >= 0.3 is 0 Å². The Kier molecular flexibility index (Phi) is 2.65. The number of sulfone groups is 1. The predicted molar refractivity (Wildman–Crippen MR) is 54.7 cm³/mol. The van der Waals surface area contributed by atoms with Crippen LogP contribution in [0.5, 0.6) is 0 Å². The molecule has 0 atom stereocenters. The largest absolute Gasteiger partial charge is 0.461 e. The van der Waals surface area contributed by atoms with Crippen molar-refractivity contribution in [2.75, 3.05) is 11.5 Å². The second kappa shape index (κ2) is 3.81. The highest BCUT2D eigenvalue weighted by molar-refractivity contribution is 7.91. The van der Waals surface area contributed by atoms with Gasteiger partial charge < -0.3 is 4.42 Å². The minimum absolute atomic E-state index is 0.146. The van der Waals surface area contributed by atoms with Crippen LogP contribution in [0, 0.1) is 0 Å². The second-order valence-corrected chi connectivity index (χ2v) is 6.09. The Balaban J connectivity index is 2.17. The van der Waals surface area contributed by atoms with E-state index in [-0.39, 0.29) is 17.4 Å². The highest BCUT2D eigenvalue weighted by atomic mass is 32.2. The van der Waals surface area contributed by atoms with Crippen LogP contribution in [0.15, 0.2) is 16.7 Å². The first-order chi connectivity index (χ1) is 7.12. The SMILES string of the molecule is O=Cc1occc1C1CCS(=O)(=O)CC1. The highest BCUT2D eigenvalue weighted by Gasteiger charge is 2.27. The summed E-state index contributed by atoms with van der Waals surface area (Å²) in [6.45, 7) is 0. The molecule has 2 heterocycles. The van der Waals surface area contributed by atoms with Crippen molar-refractivity contribution in [3.8, 4) is 0 Å². The van der Waals surface area contributed by atoms with Crippen molar-refractivity contribution in [3.63, 3.8) is 0 Å². The lowest BCUT2D eigenvalue weighted by molar-refractivity contribution is 0.109. The molecule has 0 N–H and O–H groups in total. The van der Waals surface area contributed by atoms with Crippen molar-refractivity contribution in [2.24, 2.45) is 0 Å². The summed E-state index contributed by atoms with van der Waals surface area (Å²) in [5, 5.41) is 0. The van der Waals surface area contributed by atoms with Gasteiger partial charge in [0.15, 0.2) is 12.0 Å². The van der Waals surface area contributed by atoms with Crippen LogP contribution < -0.4 is 0 Å². The summed E-state index contributed by atoms with van der Waals surface area (Å²) in [5.41, 5.74) is 0.847. The maximum absolute atomic E-state index is 11.2. The topological polar surface area (TPSA) is 64.3 Å². The Morgan fingerprint density at radius 3 is 2.60 bits per heavy atom. The summed E-state index contributed by atoms with van der Waals surface area (Å²) in [4.78, 5) is 10.6. The van der Waals surface area contributed by atoms with E-state index in [9.17, 15) is 13.2 Å². The molecular weight excluding hydrogens is 216 g/mol. The summed E-state index contributed by atoms with van der Waals surface area (Å²) in [5.74, 6) is 0.897. The van der Waals surface area contributed by atoms with Crippen molar-refractivity contribution >= 4 is 16.1 Å². The van der Waals surface area contributed by atoms with Crippen LogP contribution in [0.3, 0.4) is 0 Å². The number of carbonyl (C=O) groups excluding carboxylic acids is 1. The highest BCUT2D eigenvalue weighted by Crippen LogP contribution is 2.31. The summed E-state index contributed by atoms with van der Waals surface area (Å²) in [6.07, 6.45) is 3.33. The van der Waals surface area contributed by atoms with Gasteiger partial charge in [-0.05, 0) is 24.8 Å². The predicted octanol–water partition coefficient (Wildman–Crippen LogP) is 1.38. The molecule has 1 fully saturated rings. The lowest BCUT2D eigenvalue weighted by atomic mass is 9.94. The van der Waals surface area contributed by atoms with E-state index >= 15 is 0 Å². The van der Waals surface area contributed by atoms with E-state index in [4.69, 9.17) is 4.42 Å². The van der Waals surface area contributed by atoms with E-state index in [2.05, 4.69) is 0 Å². The molecule has 0 saturated carbocycles. The van der Waals surface area contributed by atoms with Gasteiger partial charge in [-0.3, -0.25) is 4.79 Å². The molecule has 1 saturated heterocycles. The Morgan fingerprint density at radius 1 is 1.33 bits per heavy atom. The maximum Gasteiger partial charge on any atom is 0.185 e. The first-order valence-corrected chi connectivity index (χ1v) is 6.67. The normalized spacial score (nSPS) is 21.3. The number of rotatable bonds is 2. The number of furan rings is 1. The standard InChI is InChI=1S/C10H12O4S/c11-7-10-9(1-4-14-10)8-2-5-15(12,13)6-3-8/h1,4,7-8H,2-3,5-6H2. The zero-order valence-electron chi connectivity index (χ0n) is 8.18. The van der Waals surface area contributed by atoms with E-state index in [1.54, 1.807) is 6.07 Å². The molecular formula is C10H12O4S. The maximum atomic E-state index is 11.2. The molecule has 0 radical (unpaired) electrons. The zero-order chi connectivity index (χ0) is 10.9. The molecule has 0 unspecified atom stereocenters. The minimum atomic E-state index is -2.85. The molecule has 0 amide bonds. The molecule has 2 rings (SSSR count). The van der Waals surface area contributed by atoms with E-state index in [0.29, 0.717) is 24.9 Å². The Morgan fingerprint density at radius 2 is 2.00 bits per heavy atom. The summed E-state index contributed by atoms with van der Waals surface area (Å²) in [6, 6.07) is 1.76. The molecule has 0 bridgehead atoms. The quantitative estimate of drug-likeness (QED) is 0.717. The fraction of sp³-hybridized carbons (Fsp3) is 0.500. The van der Waals surface area contributed by atoms with Crippen LogP contribution in [0.2, 0.25) is 0 Å². The zero-order valence-corrected chi connectivity index (χ0v) is 9.00. The van der Waals surface area contributed by atoms with Crippen molar-refractivity contribution < 1.29 is 17.6 Å². The molecule has 1 aromatic rings. The third-order valence-corrected chi connectivity index (χ3v) is 4.54. The van der Waals surface area contributed by atoms with Crippen LogP contribution in [0.4, 0.5) is 0 Å². The van der Waals surface area contributed by atoms with Crippen molar-refractivity contribution in [2.45, 2.75) is 18.8 Å². The van der Waals surface area contributed by atoms with Gasteiger partial charge in [0.1, 0.15) is 9.84 Å². The molecule has 4 nitrogen and oxygen atoms in total. The average Bonchev–Trinajstić information content (AvgIpc) is 2.65. The van der Waals surface area contributed by atoms with Gasteiger partial charge in [-0.25, -0.2) is 8.42 Å². The van der Waals surface area contributed by atoms with Gasteiger partial charge in [-0.2, -0.15) is 0 Å². The smallest absolute Gasteiger partial charge is 0.185 e. The van der Waals surface area contributed by atoms with Crippen LogP contribution in [0.25, 0.3) is 0 Å². The lowest BCUT2D eigenvalue weighted by Gasteiger charge is -2.20. The van der Waals surface area contributed by atoms with Crippen LogP contribution in [-0.2, 0) is 9.84 Å². The Bertz CT molecular complexity index is 444. The van der Waals surface area contributed by atoms with Gasteiger partial charge in [-0.1, -0.05) is 0 Å². The third kappa shape index (κ3) is 2.12. The van der Waals surface area contributed by atoms with E-state index in [0.717, 1.165) is 5.56 Å². The van der Waals surface area contributed by atoms with Gasteiger partial charge in [0.2, 0.25) is 0 Å². The minimum Gasteiger partial charge on any atom is -0.461 e. The first-order valence-electron chi connectivity index (χ1n) is 4.85. The van der Waals surface area contributed by atoms with Crippen LogP contribution in [-0.4, -0.2) is 26.2 Å². The fourth-order valence-corrected chi connectivity index (χ4v) is 3.46. The van der Waals surface area contributed by atoms with Crippen molar-refractivity contribution in [3.05, 3.63) is 23.7 Å². The summed E-state index contributed by atoms with van der Waals surface area (Å²) < 4.78 is 27.5. The van der Waals surface area contributed by atoms with Gasteiger partial charge in [0.25, 0.3) is 0 Å². The van der Waals surface area contributed by atoms with Crippen LogP contribution >= 0.6 is 0 Å². The van der Waals surface area contributed by atoms with Gasteiger partial charge in [0, 0.05) is 5.56 Å². The third-order valence-electron chi connectivity index (χ3n) is 2.83. The van der Waals surface area contributed by atoms with Crippen molar-refractivity contribution in [1.29, 1.82) is 0 Å². The Labute approximate surface area is 88.2 Å². The van der Waals surface area contributed by atoms with E-state index in [1.165, 1.54) is 6.26 Å². The molecule has 0 spiro atoms. The van der Waals surface area contributed by atoms with Gasteiger partial charge in [0.05, 0.1) is 17.8 Å². The average molecular weight is 228 g/mol. The second-order valence-electron chi connectivity index (χ2n) is 3.78. The molecule has 0 aliphatic carbocycles. The van der Waals surface area contributed by atoms with E-state index in [1.807, 2.05) is 0 Å². The summed E-state index contributed by atoms with van der Waals surface area (Å²) in [7, 11) is -2.85. The monoisotopic (exact) mass is 228 g/mol. The van der Waals surface area contributed by atoms with Crippen LogP contribution in [0.1, 0.15) is 34.9 Å². The molecule has 5 heteroatoms. The fourth-order valence-electron chi connectivity index (χ4n) is 1.96. The molecule has 1 aromatic heterocycles. The number of carbonyl (C=O) groups is 1. The Hall–Kier alpha value is -1.10. The molecule has 1 aliphatic heterocycles. The number of hydrogen-bond donors (Lipinski definition) is 0. The van der Waals surface area contributed by atoms with Crippen molar-refractivity contribution in [1.82, 2.24) is 0 Å². The molecule has 82 valence electrons. The summed E-state index contributed by atoms with van der Waals surface area (Å²) >= 11 is 0. The first kappa shape index (κ1) is 10.4. The lowest BCUT2D eigenvalue weighted by Crippen LogP contribution is -2.22. The van der Waals surface area contributed by atoms with E-state index < -0.39 is 9.84 Å². The van der Waals surface area contributed by atoms with Gasteiger partial charge in [-0.15, -0.1) is 0 Å². The number of aldehydes is 1. The molecule has 15 heavy (non-hydrogen) atoms. The molecule has 1 aliphatic rings. The number of hydrogen-bond acceptors (Lipinski definition) is 4. The molecule has 0 aromatic carbocycles.